The molecule has 132 valence electrons. The minimum atomic E-state index is -1.23. The minimum absolute atomic E-state index is 0.282. The van der Waals surface area contributed by atoms with E-state index in [4.69, 9.17) is 23.5 Å². The summed E-state index contributed by atoms with van der Waals surface area (Å²) in [4.78, 5) is 34.1. The van der Waals surface area contributed by atoms with Crippen molar-refractivity contribution in [2.24, 2.45) is 0 Å². The van der Waals surface area contributed by atoms with Crippen LogP contribution in [0, 0.1) is 0 Å². The third-order valence-electron chi connectivity index (χ3n) is 3.28. The van der Waals surface area contributed by atoms with E-state index in [1.807, 2.05) is 6.92 Å². The quantitative estimate of drug-likeness (QED) is 0.572. The third-order valence-corrected chi connectivity index (χ3v) is 3.28. The van der Waals surface area contributed by atoms with E-state index in [1.54, 1.807) is 6.07 Å². The molecule has 0 bridgehead atoms. The van der Waals surface area contributed by atoms with E-state index in [0.717, 1.165) is 0 Å². The molecule has 1 saturated heterocycles. The largest absolute Gasteiger partial charge is 0.455 e. The van der Waals surface area contributed by atoms with E-state index in [-0.39, 0.29) is 5.76 Å². The van der Waals surface area contributed by atoms with Crippen LogP contribution in [0.15, 0.2) is 10.6 Å². The maximum absolute atomic E-state index is 11.4. The fraction of sp³-hybridized carbons (Fsp3) is 0.600. The maximum Gasteiger partial charge on any atom is 0.305 e. The van der Waals surface area contributed by atoms with Crippen LogP contribution in [-0.2, 0) is 39.8 Å². The molecule has 1 aliphatic rings. The molecule has 1 fully saturated rings. The van der Waals surface area contributed by atoms with E-state index in [1.165, 1.54) is 20.8 Å². The van der Waals surface area contributed by atoms with Gasteiger partial charge in [-0.05, 0) is 6.42 Å². The van der Waals surface area contributed by atoms with E-state index in [2.05, 4.69) is 5.16 Å². The number of aromatic nitrogens is 1. The van der Waals surface area contributed by atoms with Crippen molar-refractivity contribution in [3.63, 3.8) is 0 Å². The third kappa shape index (κ3) is 4.10. The monoisotopic (exact) mass is 341 g/mol. The van der Waals surface area contributed by atoms with Gasteiger partial charge in [-0.3, -0.25) is 14.4 Å². The smallest absolute Gasteiger partial charge is 0.305 e. The maximum atomic E-state index is 11.4. The van der Waals surface area contributed by atoms with Crippen LogP contribution >= 0.6 is 0 Å². The fourth-order valence-electron chi connectivity index (χ4n) is 2.38. The van der Waals surface area contributed by atoms with E-state index in [0.29, 0.717) is 12.1 Å². The number of nitrogens with zero attached hydrogens (tertiary/aromatic N) is 1. The Kier molecular flexibility index (Phi) is 5.55. The van der Waals surface area contributed by atoms with Crippen molar-refractivity contribution in [1.29, 1.82) is 0 Å². The zero-order valence-corrected chi connectivity index (χ0v) is 13.8. The number of esters is 3. The van der Waals surface area contributed by atoms with E-state index < -0.39 is 42.5 Å². The summed E-state index contributed by atoms with van der Waals surface area (Å²) in [6.07, 6.45) is -3.66. The molecule has 9 nitrogen and oxygen atoms in total. The molecule has 2 heterocycles. The summed E-state index contributed by atoms with van der Waals surface area (Å²) < 4.78 is 26.2. The Morgan fingerprint density at radius 2 is 1.62 bits per heavy atom. The van der Waals surface area contributed by atoms with Crippen molar-refractivity contribution < 1.29 is 37.9 Å². The number of rotatable bonds is 5. The summed E-state index contributed by atoms with van der Waals surface area (Å²) >= 11 is 0. The number of carbonyl (C=O) groups is 3. The fourth-order valence-corrected chi connectivity index (χ4v) is 2.38. The Labute approximate surface area is 138 Å². The first-order valence-electron chi connectivity index (χ1n) is 7.44. The molecule has 0 unspecified atom stereocenters. The normalized spacial score (nSPS) is 26.0. The lowest BCUT2D eigenvalue weighted by molar-refractivity contribution is -0.196. The van der Waals surface area contributed by atoms with Crippen molar-refractivity contribution >= 4 is 17.9 Å². The van der Waals surface area contributed by atoms with Gasteiger partial charge in [0.2, 0.25) is 12.4 Å². The molecule has 9 heteroatoms. The number of ether oxygens (including phenoxy) is 4. The summed E-state index contributed by atoms with van der Waals surface area (Å²) in [6.45, 7) is 5.47. The highest BCUT2D eigenvalue weighted by Crippen LogP contribution is 2.38. The van der Waals surface area contributed by atoms with Crippen molar-refractivity contribution in [3.05, 3.63) is 17.5 Å². The zero-order valence-electron chi connectivity index (χ0n) is 13.8. The van der Waals surface area contributed by atoms with Gasteiger partial charge >= 0.3 is 17.9 Å². The van der Waals surface area contributed by atoms with Gasteiger partial charge in [-0.15, -0.1) is 0 Å². The first-order chi connectivity index (χ1) is 11.3. The van der Waals surface area contributed by atoms with Crippen LogP contribution in [0.5, 0.6) is 0 Å². The SMILES string of the molecule is CCc1cc([C@H]2O[C@@H](OC(C)=O)[C@H](OC(C)=O)[C@H]2OC(C)=O)on1. The Morgan fingerprint density at radius 1 is 1.04 bits per heavy atom. The van der Waals surface area contributed by atoms with Gasteiger partial charge in [0.15, 0.2) is 18.0 Å². The second-order valence-electron chi connectivity index (χ2n) is 5.26. The van der Waals surface area contributed by atoms with Gasteiger partial charge in [0.05, 0.1) is 5.69 Å². The molecular weight excluding hydrogens is 322 g/mol. The lowest BCUT2D eigenvalue weighted by Gasteiger charge is -2.22. The van der Waals surface area contributed by atoms with Crippen LogP contribution < -0.4 is 0 Å². The van der Waals surface area contributed by atoms with Gasteiger partial charge in [-0.1, -0.05) is 12.1 Å². The zero-order chi connectivity index (χ0) is 17.9. The minimum Gasteiger partial charge on any atom is -0.455 e. The summed E-state index contributed by atoms with van der Waals surface area (Å²) in [5.74, 6) is -1.59. The van der Waals surface area contributed by atoms with Crippen LogP contribution in [0.1, 0.15) is 45.3 Å². The summed E-state index contributed by atoms with van der Waals surface area (Å²) in [5, 5.41) is 3.85. The molecule has 4 atom stereocenters. The van der Waals surface area contributed by atoms with Crippen molar-refractivity contribution in [3.8, 4) is 0 Å². The molecule has 24 heavy (non-hydrogen) atoms. The predicted molar refractivity (Wildman–Crippen MR) is 76.4 cm³/mol. The summed E-state index contributed by atoms with van der Waals surface area (Å²) in [6, 6.07) is 1.64. The molecule has 0 saturated carbocycles. The van der Waals surface area contributed by atoms with Crippen LogP contribution in [0.3, 0.4) is 0 Å². The van der Waals surface area contributed by atoms with Crippen LogP contribution in [0.25, 0.3) is 0 Å². The summed E-state index contributed by atoms with van der Waals surface area (Å²) in [7, 11) is 0. The standard InChI is InChI=1S/C15H19NO8/c1-5-10-6-11(24-16-10)12-13(20-7(2)17)14(21-8(3)18)15(23-12)22-9(4)19/h6,12-15H,5H2,1-4H3/t12-,13+,14-,15-/m1/s1. The van der Waals surface area contributed by atoms with Crippen molar-refractivity contribution in [2.75, 3.05) is 0 Å². The molecule has 2 rings (SSSR count). The molecule has 0 amide bonds. The Bertz CT molecular complexity index is 625. The van der Waals surface area contributed by atoms with Gasteiger partial charge in [-0.25, -0.2) is 0 Å². The topological polar surface area (TPSA) is 114 Å². The molecule has 1 aromatic rings. The van der Waals surface area contributed by atoms with Gasteiger partial charge < -0.3 is 23.5 Å². The average Bonchev–Trinajstić information content (AvgIpc) is 3.05. The molecule has 1 aromatic heterocycles. The van der Waals surface area contributed by atoms with Crippen LogP contribution in [0.4, 0.5) is 0 Å². The second kappa shape index (κ2) is 7.43. The van der Waals surface area contributed by atoms with Gasteiger partial charge in [0.25, 0.3) is 0 Å². The second-order valence-corrected chi connectivity index (χ2v) is 5.26. The number of aryl methyl sites for hydroxylation is 1. The molecule has 0 radical (unpaired) electrons. The predicted octanol–water partition coefficient (Wildman–Crippen LogP) is 1.06. The summed E-state index contributed by atoms with van der Waals surface area (Å²) in [5.41, 5.74) is 0.676. The first kappa shape index (κ1) is 17.9. The molecule has 0 N–H and O–H groups in total. The van der Waals surface area contributed by atoms with Gasteiger partial charge in [-0.2, -0.15) is 0 Å². The lowest BCUT2D eigenvalue weighted by atomic mass is 10.1. The highest BCUT2D eigenvalue weighted by Gasteiger charge is 2.53. The molecule has 0 aromatic carbocycles. The number of hydrogen-bond donors (Lipinski definition) is 0. The van der Waals surface area contributed by atoms with Crippen molar-refractivity contribution in [2.45, 2.75) is 58.7 Å². The Balaban J connectivity index is 2.34. The van der Waals surface area contributed by atoms with Gasteiger partial charge in [0, 0.05) is 26.8 Å². The molecular formula is C15H19NO8. The number of carbonyl (C=O) groups excluding carboxylic acids is 3. The molecule has 0 spiro atoms. The number of hydrogen-bond acceptors (Lipinski definition) is 9. The van der Waals surface area contributed by atoms with E-state index in [9.17, 15) is 14.4 Å². The van der Waals surface area contributed by atoms with Gasteiger partial charge in [0.1, 0.15) is 0 Å². The first-order valence-corrected chi connectivity index (χ1v) is 7.44. The average molecular weight is 341 g/mol. The lowest BCUT2D eigenvalue weighted by Crippen LogP contribution is -2.39. The van der Waals surface area contributed by atoms with E-state index >= 15 is 0 Å². The highest BCUT2D eigenvalue weighted by atomic mass is 16.7. The van der Waals surface area contributed by atoms with Crippen molar-refractivity contribution in [1.82, 2.24) is 5.16 Å². The molecule has 1 aliphatic heterocycles. The van der Waals surface area contributed by atoms with Crippen LogP contribution in [-0.4, -0.2) is 41.6 Å². The Hall–Kier alpha value is -2.42. The molecule has 0 aliphatic carbocycles. The van der Waals surface area contributed by atoms with Crippen LogP contribution in [0.2, 0.25) is 0 Å². The highest BCUT2D eigenvalue weighted by molar-refractivity contribution is 5.68. The Morgan fingerprint density at radius 3 is 2.12 bits per heavy atom.